The van der Waals surface area contributed by atoms with Crippen molar-refractivity contribution in [3.63, 3.8) is 0 Å². The number of nitrogens with two attached hydrogens (primary N) is 1. The lowest BCUT2D eigenvalue weighted by molar-refractivity contribution is -0.192. The summed E-state index contributed by atoms with van der Waals surface area (Å²) < 4.78 is 58.5. The van der Waals surface area contributed by atoms with Gasteiger partial charge in [-0.25, -0.2) is 13.2 Å². The molecule has 17 heteroatoms. The molecule has 1 aliphatic heterocycles. The largest absolute Gasteiger partial charge is 0.490 e. The van der Waals surface area contributed by atoms with E-state index in [4.69, 9.17) is 25.9 Å². The Hall–Kier alpha value is -4.51. The van der Waals surface area contributed by atoms with E-state index in [1.807, 2.05) is 0 Å². The fourth-order valence-corrected chi connectivity index (χ4v) is 4.61. The fraction of sp³-hybridized carbons (Fsp3) is 0.292. The molecule has 0 bridgehead atoms. The lowest BCUT2D eigenvalue weighted by atomic mass is 10.0. The molecule has 1 heterocycles. The summed E-state index contributed by atoms with van der Waals surface area (Å²) in [4.78, 5) is 38.0. The first-order valence-corrected chi connectivity index (χ1v) is 13.2. The minimum absolute atomic E-state index is 0.0484. The molecule has 0 spiro atoms. The first-order chi connectivity index (χ1) is 19.1. The highest BCUT2D eigenvalue weighted by atomic mass is 32.2. The fourth-order valence-electron chi connectivity index (χ4n) is 3.28. The number of hydrogen-bond acceptors (Lipinski definition) is 8. The Labute approximate surface area is 231 Å². The van der Waals surface area contributed by atoms with E-state index < -0.39 is 52.7 Å². The Balaban J connectivity index is 0.000000745. The maximum atomic E-state index is 12.3. The number of nitrogen functional groups attached to an aromatic ring is 1. The summed E-state index contributed by atoms with van der Waals surface area (Å²) in [5.41, 5.74) is 7.92. The highest BCUT2D eigenvalue weighted by molar-refractivity contribution is 7.88. The van der Waals surface area contributed by atoms with E-state index in [2.05, 4.69) is 15.2 Å². The zero-order valence-electron chi connectivity index (χ0n) is 21.1. The number of carboxylic acid groups (broad SMARTS) is 2. The zero-order chi connectivity index (χ0) is 30.8. The number of nitrogens with one attached hydrogen (secondary N) is 3. The van der Waals surface area contributed by atoms with Crippen LogP contribution in [-0.2, 0) is 35.0 Å². The predicted octanol–water partition coefficient (Wildman–Crippen LogP) is 1.18. The van der Waals surface area contributed by atoms with E-state index in [1.54, 1.807) is 54.6 Å². The van der Waals surface area contributed by atoms with E-state index in [0.29, 0.717) is 23.3 Å². The van der Waals surface area contributed by atoms with Gasteiger partial charge in [0.1, 0.15) is 18.0 Å². The molecular weight excluding hydrogens is 575 g/mol. The van der Waals surface area contributed by atoms with Crippen LogP contribution in [0, 0.1) is 5.41 Å². The molecule has 0 aromatic heterocycles. The van der Waals surface area contributed by atoms with Crippen LogP contribution in [0.4, 0.5) is 13.2 Å². The van der Waals surface area contributed by atoms with Crippen LogP contribution in [0.2, 0.25) is 0 Å². The van der Waals surface area contributed by atoms with Gasteiger partial charge in [-0.05, 0) is 11.1 Å². The number of carbonyl (C=O) groups excluding carboxylic acids is 1. The first kappa shape index (κ1) is 32.7. The number of benzene rings is 2. The summed E-state index contributed by atoms with van der Waals surface area (Å²) in [7, 11) is -3.94. The van der Waals surface area contributed by atoms with Gasteiger partial charge in [0.05, 0.1) is 17.9 Å². The maximum Gasteiger partial charge on any atom is 0.490 e. The van der Waals surface area contributed by atoms with E-state index in [9.17, 15) is 36.3 Å². The molecule has 0 fully saturated rings. The number of carboxylic acids is 2. The standard InChI is InChI=1S/C22H25N5O6S.C2HF3O2/c23-21(24)16-8-6-15(7-9-16)18-10-17(33-26-18)11-20(28)25-12-19(22(29)30)27-34(31,32)13-14-4-2-1-3-5-14;3-2(4,5)1(6)7/h1-9,17,19,27H,10-13H2,(H3,23,24)(H,25,28)(H,29,30);(H,6,7)/t17?,19-;/m0./s1. The summed E-state index contributed by atoms with van der Waals surface area (Å²) >= 11 is 0. The van der Waals surface area contributed by atoms with Crippen molar-refractivity contribution in [2.24, 2.45) is 10.9 Å². The summed E-state index contributed by atoms with van der Waals surface area (Å²) in [5, 5.41) is 30.3. The normalized spacial score (nSPS) is 15.4. The van der Waals surface area contributed by atoms with Crippen LogP contribution in [0.25, 0.3) is 0 Å². The summed E-state index contributed by atoms with van der Waals surface area (Å²) in [5.74, 6) is -5.09. The Morgan fingerprint density at radius 2 is 1.68 bits per heavy atom. The van der Waals surface area contributed by atoms with Crippen LogP contribution in [-0.4, -0.2) is 72.9 Å². The van der Waals surface area contributed by atoms with Gasteiger partial charge in [-0.3, -0.25) is 15.0 Å². The number of amides is 1. The van der Waals surface area contributed by atoms with E-state index in [1.165, 1.54) is 0 Å². The molecule has 0 saturated heterocycles. The zero-order valence-corrected chi connectivity index (χ0v) is 21.9. The smallest absolute Gasteiger partial charge is 0.480 e. The molecule has 0 saturated carbocycles. The van der Waals surface area contributed by atoms with Gasteiger partial charge in [-0.1, -0.05) is 59.8 Å². The lowest BCUT2D eigenvalue weighted by Crippen LogP contribution is -2.48. The molecule has 41 heavy (non-hydrogen) atoms. The van der Waals surface area contributed by atoms with Crippen LogP contribution in [0.5, 0.6) is 0 Å². The third-order valence-electron chi connectivity index (χ3n) is 5.24. The van der Waals surface area contributed by atoms with Gasteiger partial charge in [0, 0.05) is 18.5 Å². The van der Waals surface area contributed by atoms with Crippen molar-refractivity contribution < 1.29 is 51.0 Å². The van der Waals surface area contributed by atoms with Gasteiger partial charge < -0.3 is 26.1 Å². The number of alkyl halides is 3. The average molecular weight is 602 g/mol. The molecule has 222 valence electrons. The number of sulfonamides is 1. The number of halogens is 3. The third kappa shape index (κ3) is 11.2. The van der Waals surface area contributed by atoms with Gasteiger partial charge >= 0.3 is 18.1 Å². The Morgan fingerprint density at radius 3 is 2.20 bits per heavy atom. The van der Waals surface area contributed by atoms with Crippen molar-refractivity contribution in [2.45, 2.75) is 36.9 Å². The van der Waals surface area contributed by atoms with Crippen LogP contribution in [0.1, 0.15) is 29.5 Å². The molecule has 7 N–H and O–H groups in total. The second-order valence-corrected chi connectivity index (χ2v) is 10.3. The minimum atomic E-state index is -5.08. The van der Waals surface area contributed by atoms with Crippen molar-refractivity contribution in [3.05, 3.63) is 71.3 Å². The van der Waals surface area contributed by atoms with Gasteiger partial charge in [0.2, 0.25) is 15.9 Å². The minimum Gasteiger partial charge on any atom is -0.480 e. The number of amidine groups is 1. The summed E-state index contributed by atoms with van der Waals surface area (Å²) in [6.07, 6.45) is -5.35. The maximum absolute atomic E-state index is 12.3. The predicted molar refractivity (Wildman–Crippen MR) is 138 cm³/mol. The molecule has 1 amide bonds. The Kier molecular flexibility index (Phi) is 11.3. The lowest BCUT2D eigenvalue weighted by Gasteiger charge is -2.16. The molecule has 0 radical (unpaired) electrons. The van der Waals surface area contributed by atoms with Gasteiger partial charge in [-0.15, -0.1) is 0 Å². The van der Waals surface area contributed by atoms with Crippen molar-refractivity contribution in [1.82, 2.24) is 10.0 Å². The molecule has 1 aliphatic rings. The number of carbonyl (C=O) groups is 3. The average Bonchev–Trinajstić information content (AvgIpc) is 3.35. The molecule has 0 aliphatic carbocycles. The van der Waals surface area contributed by atoms with E-state index >= 15 is 0 Å². The molecule has 2 aromatic carbocycles. The number of hydrogen-bond donors (Lipinski definition) is 6. The molecule has 2 aromatic rings. The molecule has 2 atom stereocenters. The Morgan fingerprint density at radius 1 is 1.10 bits per heavy atom. The van der Waals surface area contributed by atoms with Crippen LogP contribution >= 0.6 is 0 Å². The van der Waals surface area contributed by atoms with Crippen molar-refractivity contribution in [2.75, 3.05) is 6.54 Å². The SMILES string of the molecule is N=C(N)c1ccc(C2=NOC(CC(=O)NC[C@H](NS(=O)(=O)Cc3ccccc3)C(=O)O)C2)cc1.O=C(O)C(F)(F)F. The van der Waals surface area contributed by atoms with Gasteiger partial charge in [0.15, 0.2) is 0 Å². The third-order valence-corrected chi connectivity index (χ3v) is 6.60. The van der Waals surface area contributed by atoms with Gasteiger partial charge in [-0.2, -0.15) is 17.9 Å². The molecule has 3 rings (SSSR count). The van der Waals surface area contributed by atoms with Crippen LogP contribution in [0.3, 0.4) is 0 Å². The van der Waals surface area contributed by atoms with E-state index in [-0.39, 0.29) is 18.0 Å². The first-order valence-electron chi connectivity index (χ1n) is 11.6. The summed E-state index contributed by atoms with van der Waals surface area (Å²) in [6.45, 7) is -0.421. The molecular formula is C24H26F3N5O8S. The number of oxime groups is 1. The summed E-state index contributed by atoms with van der Waals surface area (Å²) in [6, 6.07) is 13.7. The van der Waals surface area contributed by atoms with E-state index in [0.717, 1.165) is 5.56 Å². The van der Waals surface area contributed by atoms with Crippen LogP contribution < -0.4 is 15.8 Å². The highest BCUT2D eigenvalue weighted by Crippen LogP contribution is 2.19. The second-order valence-electron chi connectivity index (χ2n) is 8.53. The quantitative estimate of drug-likeness (QED) is 0.160. The molecule has 1 unspecified atom stereocenters. The van der Waals surface area contributed by atoms with Crippen molar-refractivity contribution in [1.29, 1.82) is 5.41 Å². The topological polar surface area (TPSA) is 221 Å². The Bertz CT molecular complexity index is 1380. The van der Waals surface area contributed by atoms with Gasteiger partial charge in [0.25, 0.3) is 0 Å². The number of rotatable bonds is 11. The molecule has 13 nitrogen and oxygen atoms in total. The van der Waals surface area contributed by atoms with Crippen LogP contribution in [0.15, 0.2) is 59.8 Å². The van der Waals surface area contributed by atoms with Crippen molar-refractivity contribution >= 4 is 39.4 Å². The number of nitrogens with zero attached hydrogens (tertiary/aromatic N) is 1. The second kappa shape index (κ2) is 14.2. The van der Waals surface area contributed by atoms with Crippen molar-refractivity contribution in [3.8, 4) is 0 Å². The number of aliphatic carboxylic acids is 2. The highest BCUT2D eigenvalue weighted by Gasteiger charge is 2.38. The monoisotopic (exact) mass is 601 g/mol.